The van der Waals surface area contributed by atoms with E-state index in [9.17, 15) is 31.1 Å². The van der Waals surface area contributed by atoms with Crippen molar-refractivity contribution in [1.29, 1.82) is 0 Å². The summed E-state index contributed by atoms with van der Waals surface area (Å²) in [6.07, 6.45) is -1.45. The monoisotopic (exact) mass is 712 g/mol. The van der Waals surface area contributed by atoms with E-state index in [2.05, 4.69) is 15.0 Å². The first-order chi connectivity index (χ1) is 22.2. The van der Waals surface area contributed by atoms with Gasteiger partial charge in [-0.15, -0.1) is 0 Å². The predicted octanol–water partition coefficient (Wildman–Crippen LogP) is 7.18. The van der Waals surface area contributed by atoms with Gasteiger partial charge >= 0.3 is 12.4 Å². The molecule has 1 aliphatic carbocycles. The summed E-state index contributed by atoms with van der Waals surface area (Å²) in [6.45, 7) is 3.37. The molecule has 15 heteroatoms. The van der Waals surface area contributed by atoms with Crippen molar-refractivity contribution in [3.63, 3.8) is 0 Å². The van der Waals surface area contributed by atoms with E-state index in [0.29, 0.717) is 59.9 Å². The SMILES string of the molecule is CO/N=C(\COCc1cc(C(F)(F)F)cc(C(F)(F)F)c1)C(CCN1CCC(N2CCCC(C(N)=O)C2)CC1)C1C=C(Cl)C(Cl)=CC1. The molecule has 3 aliphatic rings. The molecule has 4 rings (SSSR count). The smallest absolute Gasteiger partial charge is 0.399 e. The Balaban J connectivity index is 1.43. The molecule has 47 heavy (non-hydrogen) atoms. The summed E-state index contributed by atoms with van der Waals surface area (Å²) in [7, 11) is 1.36. The second kappa shape index (κ2) is 16.4. The average molecular weight is 714 g/mol. The van der Waals surface area contributed by atoms with Gasteiger partial charge in [0.2, 0.25) is 5.91 Å². The number of carbonyl (C=O) groups is 1. The molecule has 0 aromatic heterocycles. The normalized spacial score (nSPS) is 23.3. The minimum Gasteiger partial charge on any atom is -0.399 e. The predicted molar refractivity (Wildman–Crippen MR) is 168 cm³/mol. The first kappa shape index (κ1) is 37.5. The van der Waals surface area contributed by atoms with Gasteiger partial charge in [-0.2, -0.15) is 26.3 Å². The minimum atomic E-state index is -4.96. The molecule has 262 valence electrons. The zero-order valence-electron chi connectivity index (χ0n) is 26.1. The van der Waals surface area contributed by atoms with Gasteiger partial charge in [-0.25, -0.2) is 0 Å². The van der Waals surface area contributed by atoms with Crippen LogP contribution < -0.4 is 5.73 Å². The summed E-state index contributed by atoms with van der Waals surface area (Å²) < 4.78 is 85.9. The lowest BCUT2D eigenvalue weighted by Gasteiger charge is -2.42. The Bertz CT molecular complexity index is 1300. The Morgan fingerprint density at radius 2 is 1.68 bits per heavy atom. The molecule has 3 atom stereocenters. The number of primary amides is 1. The largest absolute Gasteiger partial charge is 0.416 e. The Labute approximate surface area is 280 Å². The van der Waals surface area contributed by atoms with E-state index in [1.54, 1.807) is 6.08 Å². The van der Waals surface area contributed by atoms with Crippen LogP contribution in [0.2, 0.25) is 0 Å². The van der Waals surface area contributed by atoms with Gasteiger partial charge in [0.15, 0.2) is 0 Å². The molecule has 2 N–H and O–H groups in total. The fraction of sp³-hybridized carbons (Fsp3) is 0.625. The molecule has 2 fully saturated rings. The summed E-state index contributed by atoms with van der Waals surface area (Å²) in [5.41, 5.74) is 2.94. The first-order valence-electron chi connectivity index (χ1n) is 15.6. The molecule has 0 radical (unpaired) electrons. The van der Waals surface area contributed by atoms with Crippen LogP contribution in [0.5, 0.6) is 0 Å². The van der Waals surface area contributed by atoms with Crippen molar-refractivity contribution < 1.29 is 40.7 Å². The topological polar surface area (TPSA) is 80.4 Å². The molecule has 1 aromatic carbocycles. The highest BCUT2D eigenvalue weighted by atomic mass is 35.5. The van der Waals surface area contributed by atoms with Gasteiger partial charge in [-0.3, -0.25) is 9.69 Å². The van der Waals surface area contributed by atoms with E-state index in [1.165, 1.54) is 7.11 Å². The van der Waals surface area contributed by atoms with Crippen molar-refractivity contribution in [3.05, 3.63) is 57.1 Å². The number of hydrogen-bond acceptors (Lipinski definition) is 6. The number of amides is 1. The number of nitrogens with zero attached hydrogens (tertiary/aromatic N) is 3. The standard InChI is InChI=1S/C32H40Cl2F6N4O3/c1-46-42-29(19-47-18-20-13-23(31(35,36)37)16-24(14-20)32(38,39)40)26(21-4-5-27(33)28(34)15-21)8-12-43-10-6-25(7-11-43)44-9-2-3-22(17-44)30(41)45/h5,13-16,21-22,25-26H,2-4,6-12,17-19H2,1H3,(H2,41,45)/b42-29+. The van der Waals surface area contributed by atoms with Gasteiger partial charge in [0.25, 0.3) is 0 Å². The molecule has 2 saturated heterocycles. The van der Waals surface area contributed by atoms with Gasteiger partial charge in [0.05, 0.1) is 46.0 Å². The number of piperidine rings is 2. The molecular weight excluding hydrogens is 673 g/mol. The third-order valence-corrected chi connectivity index (χ3v) is 9.95. The second-order valence-corrected chi connectivity index (χ2v) is 13.2. The molecule has 0 saturated carbocycles. The zero-order chi connectivity index (χ0) is 34.4. The van der Waals surface area contributed by atoms with Crippen molar-refractivity contribution >= 4 is 34.8 Å². The van der Waals surface area contributed by atoms with Gasteiger partial charge in [-0.05, 0) is 94.4 Å². The van der Waals surface area contributed by atoms with Gasteiger partial charge in [0.1, 0.15) is 7.11 Å². The van der Waals surface area contributed by atoms with E-state index in [4.69, 9.17) is 38.5 Å². The molecule has 0 spiro atoms. The van der Waals surface area contributed by atoms with E-state index in [1.807, 2.05) is 6.08 Å². The Morgan fingerprint density at radius 3 is 2.26 bits per heavy atom. The summed E-state index contributed by atoms with van der Waals surface area (Å²) in [5.74, 6) is -0.774. The average Bonchev–Trinajstić information content (AvgIpc) is 3.02. The van der Waals surface area contributed by atoms with E-state index >= 15 is 0 Å². The summed E-state index contributed by atoms with van der Waals surface area (Å²) in [5, 5.41) is 4.99. The second-order valence-electron chi connectivity index (χ2n) is 12.3. The van der Waals surface area contributed by atoms with Crippen molar-refractivity contribution in [3.8, 4) is 0 Å². The van der Waals surface area contributed by atoms with Crippen LogP contribution in [0.3, 0.4) is 0 Å². The van der Waals surface area contributed by atoms with Crippen LogP contribution in [0.15, 0.2) is 45.6 Å². The zero-order valence-corrected chi connectivity index (χ0v) is 27.6. The third kappa shape index (κ3) is 10.6. The van der Waals surface area contributed by atoms with Gasteiger partial charge < -0.3 is 20.2 Å². The lowest BCUT2D eigenvalue weighted by atomic mass is 9.81. The highest BCUT2D eigenvalue weighted by Crippen LogP contribution is 2.37. The number of likely N-dealkylation sites (tertiary alicyclic amines) is 2. The Kier molecular flexibility index (Phi) is 13.1. The highest BCUT2D eigenvalue weighted by Gasteiger charge is 2.37. The van der Waals surface area contributed by atoms with E-state index in [-0.39, 0.29) is 41.9 Å². The number of carbonyl (C=O) groups excluding carboxylic acids is 1. The summed E-state index contributed by atoms with van der Waals surface area (Å²) in [4.78, 5) is 21.6. The van der Waals surface area contributed by atoms with Crippen LogP contribution in [-0.4, -0.2) is 73.9 Å². The Hall–Kier alpha value is -2.32. The quantitative estimate of drug-likeness (QED) is 0.141. The van der Waals surface area contributed by atoms with Gasteiger partial charge in [0, 0.05) is 18.5 Å². The fourth-order valence-electron chi connectivity index (χ4n) is 6.68. The number of oxime groups is 1. The lowest BCUT2D eigenvalue weighted by Crippen LogP contribution is -2.50. The number of alkyl halides is 6. The lowest BCUT2D eigenvalue weighted by molar-refractivity contribution is -0.143. The minimum absolute atomic E-state index is 0.0856. The molecule has 1 amide bonds. The maximum absolute atomic E-state index is 13.4. The number of allylic oxidation sites excluding steroid dienone is 4. The van der Waals surface area contributed by atoms with Crippen molar-refractivity contribution in [2.24, 2.45) is 28.6 Å². The number of benzene rings is 1. The van der Waals surface area contributed by atoms with E-state index in [0.717, 1.165) is 45.3 Å². The van der Waals surface area contributed by atoms with Crippen LogP contribution in [0.4, 0.5) is 26.3 Å². The van der Waals surface area contributed by atoms with Crippen molar-refractivity contribution in [1.82, 2.24) is 9.80 Å². The molecule has 2 aliphatic heterocycles. The molecule has 0 bridgehead atoms. The molecule has 3 unspecified atom stereocenters. The number of halogens is 8. The number of hydrogen-bond donors (Lipinski definition) is 1. The summed E-state index contributed by atoms with van der Waals surface area (Å²) >= 11 is 12.6. The van der Waals surface area contributed by atoms with Gasteiger partial charge in [-0.1, -0.05) is 40.5 Å². The third-order valence-electron chi connectivity index (χ3n) is 9.16. The molecule has 1 aromatic rings. The van der Waals surface area contributed by atoms with Crippen molar-refractivity contribution in [2.75, 3.05) is 46.4 Å². The molecule has 7 nitrogen and oxygen atoms in total. The first-order valence-corrected chi connectivity index (χ1v) is 16.4. The highest BCUT2D eigenvalue weighted by molar-refractivity contribution is 6.44. The number of ether oxygens (including phenoxy) is 1. The fourth-order valence-corrected chi connectivity index (χ4v) is 7.07. The van der Waals surface area contributed by atoms with Crippen LogP contribution in [-0.2, 0) is 33.3 Å². The van der Waals surface area contributed by atoms with Crippen LogP contribution >= 0.6 is 23.2 Å². The van der Waals surface area contributed by atoms with Crippen LogP contribution in [0, 0.1) is 17.8 Å². The van der Waals surface area contributed by atoms with Crippen molar-refractivity contribution in [2.45, 2.75) is 63.5 Å². The Morgan fingerprint density at radius 1 is 1.02 bits per heavy atom. The maximum atomic E-state index is 13.4. The van der Waals surface area contributed by atoms with Crippen LogP contribution in [0.1, 0.15) is 55.2 Å². The molecular formula is C32H40Cl2F6N4O3. The summed E-state index contributed by atoms with van der Waals surface area (Å²) in [6, 6.07) is 1.77. The number of rotatable bonds is 12. The van der Waals surface area contributed by atoms with E-state index < -0.39 is 30.1 Å². The number of nitrogens with two attached hydrogens (primary N) is 1. The maximum Gasteiger partial charge on any atom is 0.416 e. The molecule has 2 heterocycles. The van der Waals surface area contributed by atoms with Crippen LogP contribution in [0.25, 0.3) is 0 Å².